The highest BCUT2D eigenvalue weighted by Crippen LogP contribution is 2.33. The SMILES string of the molecule is CN(C)C1=CCC(c2ccc3ccccc3c2C=NC(C)(C)C)=C1. The van der Waals surface area contributed by atoms with Crippen LogP contribution in [0.1, 0.15) is 38.3 Å². The van der Waals surface area contributed by atoms with Crippen LogP contribution in [0.2, 0.25) is 0 Å². The van der Waals surface area contributed by atoms with Gasteiger partial charge in [0.05, 0.1) is 5.54 Å². The molecule has 2 aromatic rings. The molecule has 0 saturated carbocycles. The fourth-order valence-corrected chi connectivity index (χ4v) is 2.98. The number of allylic oxidation sites excluding steroid dienone is 3. The second-order valence-electron chi connectivity index (χ2n) is 7.57. The zero-order chi connectivity index (χ0) is 17.3. The van der Waals surface area contributed by atoms with Crippen LogP contribution in [0.4, 0.5) is 0 Å². The summed E-state index contributed by atoms with van der Waals surface area (Å²) in [5.41, 5.74) is 5.07. The van der Waals surface area contributed by atoms with Crippen molar-refractivity contribution in [1.82, 2.24) is 4.90 Å². The van der Waals surface area contributed by atoms with Gasteiger partial charge in [-0.1, -0.05) is 42.5 Å². The van der Waals surface area contributed by atoms with E-state index in [0.717, 1.165) is 6.42 Å². The summed E-state index contributed by atoms with van der Waals surface area (Å²) in [6.45, 7) is 6.40. The lowest BCUT2D eigenvalue weighted by molar-refractivity contribution is 0.531. The van der Waals surface area contributed by atoms with Crippen molar-refractivity contribution >= 4 is 22.6 Å². The summed E-state index contributed by atoms with van der Waals surface area (Å²) in [6.07, 6.45) is 7.61. The van der Waals surface area contributed by atoms with Gasteiger partial charge in [0.2, 0.25) is 0 Å². The summed E-state index contributed by atoms with van der Waals surface area (Å²) >= 11 is 0. The molecule has 1 aliphatic rings. The third-order valence-corrected chi connectivity index (χ3v) is 4.27. The maximum absolute atomic E-state index is 4.78. The van der Waals surface area contributed by atoms with E-state index in [1.165, 1.54) is 33.2 Å². The normalized spacial score (nSPS) is 15.0. The number of likely N-dealkylation sites (N-methyl/N-ethyl adjacent to an activating group) is 1. The van der Waals surface area contributed by atoms with E-state index < -0.39 is 0 Å². The van der Waals surface area contributed by atoms with Crippen molar-refractivity contribution < 1.29 is 0 Å². The van der Waals surface area contributed by atoms with Crippen molar-refractivity contribution in [3.8, 4) is 0 Å². The average Bonchev–Trinajstić information content (AvgIpc) is 3.01. The van der Waals surface area contributed by atoms with E-state index in [9.17, 15) is 0 Å². The van der Waals surface area contributed by atoms with Crippen LogP contribution >= 0.6 is 0 Å². The zero-order valence-electron chi connectivity index (χ0n) is 15.3. The van der Waals surface area contributed by atoms with Crippen molar-refractivity contribution in [2.75, 3.05) is 14.1 Å². The Kier molecular flexibility index (Phi) is 4.31. The van der Waals surface area contributed by atoms with Crippen LogP contribution in [-0.4, -0.2) is 30.7 Å². The molecule has 124 valence electrons. The number of hydrogen-bond donors (Lipinski definition) is 0. The van der Waals surface area contributed by atoms with E-state index >= 15 is 0 Å². The Hall–Kier alpha value is -2.35. The quantitative estimate of drug-likeness (QED) is 0.702. The summed E-state index contributed by atoms with van der Waals surface area (Å²) in [4.78, 5) is 6.95. The number of fused-ring (bicyclic) bond motifs is 1. The molecule has 24 heavy (non-hydrogen) atoms. The van der Waals surface area contributed by atoms with Gasteiger partial charge in [0.15, 0.2) is 0 Å². The van der Waals surface area contributed by atoms with Crippen molar-refractivity contribution in [2.24, 2.45) is 4.99 Å². The first kappa shape index (κ1) is 16.5. The van der Waals surface area contributed by atoms with Crippen molar-refractivity contribution in [3.05, 3.63) is 65.4 Å². The predicted octanol–water partition coefficient (Wildman–Crippen LogP) is 5.29. The van der Waals surface area contributed by atoms with E-state index in [1.54, 1.807) is 0 Å². The second-order valence-corrected chi connectivity index (χ2v) is 7.57. The first-order chi connectivity index (χ1) is 11.3. The molecule has 0 aliphatic heterocycles. The van der Waals surface area contributed by atoms with Gasteiger partial charge in [-0.25, -0.2) is 0 Å². The van der Waals surface area contributed by atoms with Crippen LogP contribution < -0.4 is 0 Å². The molecule has 2 nitrogen and oxygen atoms in total. The predicted molar refractivity (Wildman–Crippen MR) is 106 cm³/mol. The average molecular weight is 318 g/mol. The molecule has 0 aromatic heterocycles. The second kappa shape index (κ2) is 6.27. The fraction of sp³-hybridized carbons (Fsp3) is 0.318. The maximum Gasteiger partial charge on any atom is 0.0524 e. The molecule has 0 fully saturated rings. The Bertz CT molecular complexity index is 846. The highest BCUT2D eigenvalue weighted by molar-refractivity contribution is 6.05. The molecule has 2 heteroatoms. The molecule has 0 spiro atoms. The van der Waals surface area contributed by atoms with Gasteiger partial charge >= 0.3 is 0 Å². The van der Waals surface area contributed by atoms with Gasteiger partial charge in [0.1, 0.15) is 0 Å². The summed E-state index contributed by atoms with van der Waals surface area (Å²) in [6, 6.07) is 13.0. The highest BCUT2D eigenvalue weighted by Gasteiger charge is 2.15. The van der Waals surface area contributed by atoms with E-state index in [1.807, 2.05) is 0 Å². The van der Waals surface area contributed by atoms with Crippen LogP contribution in [0, 0.1) is 0 Å². The first-order valence-corrected chi connectivity index (χ1v) is 8.50. The van der Waals surface area contributed by atoms with Crippen LogP contribution in [0.25, 0.3) is 16.3 Å². The molecule has 1 aliphatic carbocycles. The molecule has 0 heterocycles. The Morgan fingerprint density at radius 2 is 1.79 bits per heavy atom. The minimum Gasteiger partial charge on any atom is -0.378 e. The molecule has 2 aromatic carbocycles. The number of aliphatic imine (C=N–C) groups is 1. The van der Waals surface area contributed by atoms with E-state index in [2.05, 4.69) is 94.5 Å². The summed E-state index contributed by atoms with van der Waals surface area (Å²) in [5, 5.41) is 2.53. The Morgan fingerprint density at radius 1 is 1.04 bits per heavy atom. The lowest BCUT2D eigenvalue weighted by Crippen LogP contribution is -2.10. The van der Waals surface area contributed by atoms with Crippen LogP contribution in [0.5, 0.6) is 0 Å². The smallest absolute Gasteiger partial charge is 0.0524 e. The number of rotatable bonds is 3. The fourth-order valence-electron chi connectivity index (χ4n) is 2.98. The molecule has 3 rings (SSSR count). The molecule has 0 atom stereocenters. The Morgan fingerprint density at radius 3 is 2.46 bits per heavy atom. The third-order valence-electron chi connectivity index (χ3n) is 4.27. The highest BCUT2D eigenvalue weighted by atomic mass is 15.1. The van der Waals surface area contributed by atoms with Crippen LogP contribution in [0.15, 0.2) is 59.2 Å². The maximum atomic E-state index is 4.78. The monoisotopic (exact) mass is 318 g/mol. The number of hydrogen-bond acceptors (Lipinski definition) is 2. The minimum absolute atomic E-state index is 0.0781. The van der Waals surface area contributed by atoms with E-state index in [4.69, 9.17) is 4.99 Å². The number of nitrogens with zero attached hydrogens (tertiary/aromatic N) is 2. The van der Waals surface area contributed by atoms with Gasteiger partial charge in [-0.2, -0.15) is 0 Å². The van der Waals surface area contributed by atoms with Gasteiger partial charge in [-0.15, -0.1) is 0 Å². The van der Waals surface area contributed by atoms with Gasteiger partial charge in [-0.05, 0) is 55.2 Å². The standard InChI is InChI=1S/C22H26N2/c1-22(2,3)23-15-21-19-9-7-6-8-16(19)11-13-20(21)17-10-12-18(14-17)24(4)5/h6-9,11-15H,10H2,1-5H3. The van der Waals surface area contributed by atoms with Gasteiger partial charge in [0, 0.05) is 31.6 Å². The van der Waals surface area contributed by atoms with E-state index in [0.29, 0.717) is 0 Å². The molecule has 0 unspecified atom stereocenters. The summed E-state index contributed by atoms with van der Waals surface area (Å²) < 4.78 is 0. The van der Waals surface area contributed by atoms with Gasteiger partial charge in [0.25, 0.3) is 0 Å². The van der Waals surface area contributed by atoms with Gasteiger partial charge in [-0.3, -0.25) is 4.99 Å². The van der Waals surface area contributed by atoms with Crippen molar-refractivity contribution in [1.29, 1.82) is 0 Å². The first-order valence-electron chi connectivity index (χ1n) is 8.50. The zero-order valence-corrected chi connectivity index (χ0v) is 15.3. The summed E-state index contributed by atoms with van der Waals surface area (Å²) in [7, 11) is 4.18. The lowest BCUT2D eigenvalue weighted by atomic mass is 9.94. The van der Waals surface area contributed by atoms with Crippen molar-refractivity contribution in [2.45, 2.75) is 32.7 Å². The molecule has 0 amide bonds. The van der Waals surface area contributed by atoms with Crippen molar-refractivity contribution in [3.63, 3.8) is 0 Å². The third kappa shape index (κ3) is 3.43. The summed E-state index contributed by atoms with van der Waals surface area (Å²) in [5.74, 6) is 0. The molecule has 0 saturated heterocycles. The van der Waals surface area contributed by atoms with Crippen LogP contribution in [-0.2, 0) is 0 Å². The van der Waals surface area contributed by atoms with Crippen LogP contribution in [0.3, 0.4) is 0 Å². The topological polar surface area (TPSA) is 15.6 Å². The largest absolute Gasteiger partial charge is 0.378 e. The van der Waals surface area contributed by atoms with E-state index in [-0.39, 0.29) is 5.54 Å². The Balaban J connectivity index is 2.15. The minimum atomic E-state index is -0.0781. The Labute approximate surface area is 145 Å². The molecule has 0 N–H and O–H groups in total. The van der Waals surface area contributed by atoms with Gasteiger partial charge < -0.3 is 4.90 Å². The molecular weight excluding hydrogens is 292 g/mol. The lowest BCUT2D eigenvalue weighted by Gasteiger charge is -2.15. The number of benzene rings is 2. The molecule has 0 bridgehead atoms. The molecule has 0 radical (unpaired) electrons. The molecular formula is C22H26N2.